The van der Waals surface area contributed by atoms with E-state index in [1.54, 1.807) is 17.0 Å². The van der Waals surface area contributed by atoms with E-state index in [4.69, 9.17) is 0 Å². The third-order valence-corrected chi connectivity index (χ3v) is 5.46. The molecule has 0 bridgehead atoms. The molecule has 6 heteroatoms. The number of carbonyl (C=O) groups is 1. The van der Waals surface area contributed by atoms with Crippen molar-refractivity contribution >= 4 is 16.9 Å². The molecule has 1 fully saturated rings. The van der Waals surface area contributed by atoms with E-state index in [9.17, 15) is 14.0 Å². The largest absolute Gasteiger partial charge is 0.325 e. The van der Waals surface area contributed by atoms with Gasteiger partial charge in [-0.05, 0) is 54.5 Å². The van der Waals surface area contributed by atoms with Crippen molar-refractivity contribution in [2.24, 2.45) is 0 Å². The van der Waals surface area contributed by atoms with E-state index in [0.29, 0.717) is 12.1 Å². The predicted octanol–water partition coefficient (Wildman–Crippen LogP) is 4.19. The van der Waals surface area contributed by atoms with Gasteiger partial charge >= 0.3 is 6.03 Å². The Kier molecular flexibility index (Phi) is 5.34. The number of likely N-dealkylation sites (tertiary alicyclic amines) is 1. The number of halogens is 1. The summed E-state index contributed by atoms with van der Waals surface area (Å²) in [4.78, 5) is 32.3. The average Bonchev–Trinajstić information content (AvgIpc) is 3.25. The second-order valence-corrected chi connectivity index (χ2v) is 7.62. The minimum Gasteiger partial charge on any atom is -0.325 e. The van der Waals surface area contributed by atoms with Gasteiger partial charge in [-0.2, -0.15) is 0 Å². The van der Waals surface area contributed by atoms with E-state index >= 15 is 0 Å². The maximum absolute atomic E-state index is 13.3. The van der Waals surface area contributed by atoms with Gasteiger partial charge in [-0.1, -0.05) is 30.3 Å². The molecule has 0 unspecified atom stereocenters. The summed E-state index contributed by atoms with van der Waals surface area (Å²) in [6.45, 7) is 3.93. The summed E-state index contributed by atoms with van der Waals surface area (Å²) in [6, 6.07) is 13.8. The quantitative estimate of drug-likeness (QED) is 0.722. The van der Waals surface area contributed by atoms with Crippen molar-refractivity contribution in [1.29, 1.82) is 0 Å². The minimum absolute atomic E-state index is 0.0874. The molecule has 3 aromatic rings. The summed E-state index contributed by atoms with van der Waals surface area (Å²) in [5, 5.41) is 0.940. The van der Waals surface area contributed by atoms with Gasteiger partial charge in [0.05, 0.1) is 12.1 Å². The zero-order valence-electron chi connectivity index (χ0n) is 16.5. The molecule has 2 heterocycles. The smallest absolute Gasteiger partial charge is 0.320 e. The van der Waals surface area contributed by atoms with Crippen molar-refractivity contribution in [2.75, 3.05) is 13.1 Å². The van der Waals surface area contributed by atoms with E-state index in [1.807, 2.05) is 36.1 Å². The lowest BCUT2D eigenvalue weighted by molar-refractivity contribution is 0.156. The van der Waals surface area contributed by atoms with Crippen LogP contribution in [0.2, 0.25) is 0 Å². The zero-order chi connectivity index (χ0) is 20.4. The highest BCUT2D eigenvalue weighted by atomic mass is 19.1. The molecule has 1 saturated heterocycles. The van der Waals surface area contributed by atoms with Crippen molar-refractivity contribution in [1.82, 2.24) is 14.8 Å². The van der Waals surface area contributed by atoms with Crippen LogP contribution in [0.25, 0.3) is 10.9 Å². The second kappa shape index (κ2) is 8.07. The summed E-state index contributed by atoms with van der Waals surface area (Å²) in [6.07, 6.45) is 1.98. The highest BCUT2D eigenvalue weighted by Crippen LogP contribution is 2.19. The van der Waals surface area contributed by atoms with Gasteiger partial charge in [-0.3, -0.25) is 4.79 Å². The summed E-state index contributed by atoms with van der Waals surface area (Å²) < 4.78 is 13.3. The SMILES string of the molecule is Cc1cccc2cc(CN(Cc3ccc(F)cc3)C(=O)N3CCCC3)c(=O)[nH]c12. The van der Waals surface area contributed by atoms with Crippen LogP contribution < -0.4 is 5.56 Å². The fraction of sp³-hybridized carbons (Fsp3) is 0.304. The van der Waals surface area contributed by atoms with Gasteiger partial charge < -0.3 is 14.8 Å². The number of hydrogen-bond donors (Lipinski definition) is 1. The predicted molar refractivity (Wildman–Crippen MR) is 111 cm³/mol. The van der Waals surface area contributed by atoms with Crippen LogP contribution >= 0.6 is 0 Å². The van der Waals surface area contributed by atoms with E-state index in [0.717, 1.165) is 48.0 Å². The van der Waals surface area contributed by atoms with Crippen LogP contribution in [0.15, 0.2) is 53.3 Å². The number of urea groups is 1. The zero-order valence-corrected chi connectivity index (χ0v) is 16.5. The number of rotatable bonds is 4. The fourth-order valence-corrected chi connectivity index (χ4v) is 3.86. The van der Waals surface area contributed by atoms with E-state index in [1.165, 1.54) is 12.1 Å². The van der Waals surface area contributed by atoms with Crippen molar-refractivity contribution in [3.8, 4) is 0 Å². The van der Waals surface area contributed by atoms with Gasteiger partial charge in [0.1, 0.15) is 5.82 Å². The lowest BCUT2D eigenvalue weighted by atomic mass is 10.1. The molecule has 0 spiro atoms. The number of nitrogens with zero attached hydrogens (tertiary/aromatic N) is 2. The van der Waals surface area contributed by atoms with Crippen LogP contribution in [0.4, 0.5) is 9.18 Å². The van der Waals surface area contributed by atoms with Crippen LogP contribution in [0.3, 0.4) is 0 Å². The van der Waals surface area contributed by atoms with Crippen LogP contribution in [0.1, 0.15) is 29.5 Å². The molecular formula is C23H24FN3O2. The average molecular weight is 393 g/mol. The van der Waals surface area contributed by atoms with Crippen molar-refractivity contribution in [2.45, 2.75) is 32.9 Å². The number of para-hydroxylation sites is 1. The van der Waals surface area contributed by atoms with E-state index < -0.39 is 0 Å². The van der Waals surface area contributed by atoms with Crippen LogP contribution in [0, 0.1) is 12.7 Å². The van der Waals surface area contributed by atoms with E-state index in [2.05, 4.69) is 4.98 Å². The number of amides is 2. The number of aromatic amines is 1. The summed E-state index contributed by atoms with van der Waals surface area (Å²) in [5.41, 5.74) is 2.99. The second-order valence-electron chi connectivity index (χ2n) is 7.62. The molecule has 5 nitrogen and oxygen atoms in total. The first-order valence-corrected chi connectivity index (χ1v) is 9.91. The van der Waals surface area contributed by atoms with Crippen LogP contribution in [-0.4, -0.2) is 33.9 Å². The number of H-pyrrole nitrogens is 1. The molecule has 0 aliphatic carbocycles. The number of hydrogen-bond acceptors (Lipinski definition) is 2. The fourth-order valence-electron chi connectivity index (χ4n) is 3.86. The lowest BCUT2D eigenvalue weighted by Crippen LogP contribution is -2.41. The molecule has 1 N–H and O–H groups in total. The standard InChI is InChI=1S/C23H24FN3O2/c1-16-5-4-6-18-13-19(22(28)25-21(16)18)15-27(23(29)26-11-2-3-12-26)14-17-7-9-20(24)10-8-17/h4-10,13H,2-3,11-12,14-15H2,1H3,(H,25,28). The molecule has 4 rings (SSSR count). The normalized spacial score (nSPS) is 13.8. The minimum atomic E-state index is -0.312. The molecule has 150 valence electrons. The highest BCUT2D eigenvalue weighted by Gasteiger charge is 2.25. The number of carbonyl (C=O) groups excluding carboxylic acids is 1. The van der Waals surface area contributed by atoms with Gasteiger partial charge in [0.25, 0.3) is 5.56 Å². The first-order chi connectivity index (χ1) is 14.0. The number of aromatic nitrogens is 1. The first kappa shape index (κ1) is 19.2. The lowest BCUT2D eigenvalue weighted by Gasteiger charge is -2.28. The Bertz CT molecular complexity index is 1090. The monoisotopic (exact) mass is 393 g/mol. The molecule has 0 saturated carbocycles. The molecule has 0 atom stereocenters. The first-order valence-electron chi connectivity index (χ1n) is 9.91. The third-order valence-electron chi connectivity index (χ3n) is 5.46. The van der Waals surface area contributed by atoms with Gasteiger partial charge in [0.15, 0.2) is 0 Å². The molecule has 29 heavy (non-hydrogen) atoms. The van der Waals surface area contributed by atoms with Crippen molar-refractivity contribution in [3.63, 3.8) is 0 Å². The summed E-state index contributed by atoms with van der Waals surface area (Å²) in [5.74, 6) is -0.312. The number of pyridine rings is 1. The third kappa shape index (κ3) is 4.16. The maximum Gasteiger partial charge on any atom is 0.320 e. The Morgan fingerprint density at radius 2 is 1.83 bits per heavy atom. The summed E-state index contributed by atoms with van der Waals surface area (Å²) >= 11 is 0. The Balaban J connectivity index is 1.66. The highest BCUT2D eigenvalue weighted by molar-refractivity contribution is 5.82. The van der Waals surface area contributed by atoms with Crippen LogP contribution in [0.5, 0.6) is 0 Å². The number of benzene rings is 2. The van der Waals surface area contributed by atoms with Gasteiger partial charge in [-0.15, -0.1) is 0 Å². The molecule has 2 amide bonds. The Hall–Kier alpha value is -3.15. The number of fused-ring (bicyclic) bond motifs is 1. The molecule has 2 aromatic carbocycles. The molecule has 1 aromatic heterocycles. The Labute approximate surface area is 168 Å². The van der Waals surface area contributed by atoms with Crippen molar-refractivity contribution < 1.29 is 9.18 Å². The number of aryl methyl sites for hydroxylation is 1. The number of nitrogens with one attached hydrogen (secondary N) is 1. The molecule has 1 aliphatic rings. The maximum atomic E-state index is 13.3. The van der Waals surface area contributed by atoms with Gasteiger partial charge in [-0.25, -0.2) is 9.18 Å². The van der Waals surface area contributed by atoms with Crippen LogP contribution in [-0.2, 0) is 13.1 Å². The molecular weight excluding hydrogens is 369 g/mol. The Morgan fingerprint density at radius 3 is 2.55 bits per heavy atom. The topological polar surface area (TPSA) is 56.4 Å². The Morgan fingerprint density at radius 1 is 1.10 bits per heavy atom. The molecule has 1 aliphatic heterocycles. The van der Waals surface area contributed by atoms with Crippen molar-refractivity contribution in [3.05, 3.63) is 81.4 Å². The summed E-state index contributed by atoms with van der Waals surface area (Å²) in [7, 11) is 0. The molecule has 0 radical (unpaired) electrons. The van der Waals surface area contributed by atoms with E-state index in [-0.39, 0.29) is 24.0 Å². The van der Waals surface area contributed by atoms with Gasteiger partial charge in [0, 0.05) is 25.2 Å². The van der Waals surface area contributed by atoms with Gasteiger partial charge in [0.2, 0.25) is 0 Å².